The quantitative estimate of drug-likeness (QED) is 0.621. The Bertz CT molecular complexity index is 187. The molecule has 0 aliphatic heterocycles. The highest BCUT2D eigenvalue weighted by Crippen LogP contribution is 2.28. The molecule has 74 valence electrons. The molecule has 1 aliphatic rings. The lowest BCUT2D eigenvalue weighted by molar-refractivity contribution is -0.141. The van der Waals surface area contributed by atoms with E-state index in [1.165, 1.54) is 12.8 Å². The number of nitrogens with one attached hydrogen (secondary N) is 1. The molecule has 0 bridgehead atoms. The summed E-state index contributed by atoms with van der Waals surface area (Å²) in [7, 11) is 0. The van der Waals surface area contributed by atoms with Crippen molar-refractivity contribution in [3.63, 3.8) is 0 Å². The Labute approximate surface area is 77.3 Å². The second-order valence-electron chi connectivity index (χ2n) is 3.56. The van der Waals surface area contributed by atoms with Gasteiger partial charge >= 0.3 is 5.97 Å². The maximum absolute atomic E-state index is 10.7. The van der Waals surface area contributed by atoms with Crippen LogP contribution in [0.2, 0.25) is 0 Å². The van der Waals surface area contributed by atoms with E-state index in [1.54, 1.807) is 0 Å². The van der Waals surface area contributed by atoms with E-state index in [0.717, 1.165) is 12.8 Å². The monoisotopic (exact) mass is 185 g/mol. The highest BCUT2D eigenvalue weighted by Gasteiger charge is 2.23. The number of hydrogen-bond donors (Lipinski definition) is 2. The molecule has 0 heterocycles. The first-order valence-corrected chi connectivity index (χ1v) is 4.66. The first-order chi connectivity index (χ1) is 6.24. The third-order valence-corrected chi connectivity index (χ3v) is 2.61. The van der Waals surface area contributed by atoms with Crippen molar-refractivity contribution in [1.29, 1.82) is 0 Å². The fraction of sp³-hybridized carbons (Fsp3) is 0.778. The minimum absolute atomic E-state index is 0.466. The highest BCUT2D eigenvalue weighted by atomic mass is 16.4. The number of carbonyl (C=O) groups is 2. The first kappa shape index (κ1) is 10.0. The van der Waals surface area contributed by atoms with Gasteiger partial charge in [-0.3, -0.25) is 4.79 Å². The van der Waals surface area contributed by atoms with Crippen LogP contribution >= 0.6 is 0 Å². The Kier molecular flexibility index (Phi) is 3.73. The van der Waals surface area contributed by atoms with Crippen molar-refractivity contribution >= 4 is 12.4 Å². The molecule has 1 aliphatic carbocycles. The maximum atomic E-state index is 10.7. The van der Waals surface area contributed by atoms with Gasteiger partial charge in [0.25, 0.3) is 0 Å². The zero-order valence-electron chi connectivity index (χ0n) is 7.53. The molecule has 1 rings (SSSR count). The fourth-order valence-corrected chi connectivity index (χ4v) is 1.90. The molecule has 0 radical (unpaired) electrons. The summed E-state index contributed by atoms with van der Waals surface area (Å²) < 4.78 is 0. The van der Waals surface area contributed by atoms with Crippen LogP contribution in [0, 0.1) is 5.92 Å². The Balaban J connectivity index is 2.36. The van der Waals surface area contributed by atoms with Crippen molar-refractivity contribution in [1.82, 2.24) is 5.32 Å². The van der Waals surface area contributed by atoms with E-state index in [-0.39, 0.29) is 0 Å². The summed E-state index contributed by atoms with van der Waals surface area (Å²) in [6.45, 7) is 0. The molecule has 0 aromatic heterocycles. The van der Waals surface area contributed by atoms with Crippen LogP contribution in [0.1, 0.15) is 32.1 Å². The van der Waals surface area contributed by atoms with Gasteiger partial charge in [0.05, 0.1) is 0 Å². The number of aliphatic carboxylic acids is 1. The minimum Gasteiger partial charge on any atom is -0.480 e. The summed E-state index contributed by atoms with van der Waals surface area (Å²) in [4.78, 5) is 20.8. The molecule has 1 fully saturated rings. The van der Waals surface area contributed by atoms with E-state index < -0.39 is 12.0 Å². The number of hydrogen-bond acceptors (Lipinski definition) is 2. The summed E-state index contributed by atoms with van der Waals surface area (Å²) in [6, 6.07) is -0.694. The highest BCUT2D eigenvalue weighted by molar-refractivity contribution is 5.76. The van der Waals surface area contributed by atoms with Gasteiger partial charge in [-0.25, -0.2) is 4.79 Å². The van der Waals surface area contributed by atoms with Gasteiger partial charge in [-0.05, 0) is 12.3 Å². The Hall–Kier alpha value is -1.06. The van der Waals surface area contributed by atoms with E-state index in [0.29, 0.717) is 18.7 Å². The van der Waals surface area contributed by atoms with E-state index >= 15 is 0 Å². The van der Waals surface area contributed by atoms with Crippen molar-refractivity contribution in [2.45, 2.75) is 38.1 Å². The normalized spacial score (nSPS) is 19.7. The van der Waals surface area contributed by atoms with Crippen LogP contribution in [0.5, 0.6) is 0 Å². The van der Waals surface area contributed by atoms with Gasteiger partial charge in [0.15, 0.2) is 0 Å². The van der Waals surface area contributed by atoms with Crippen LogP contribution in [-0.4, -0.2) is 23.5 Å². The van der Waals surface area contributed by atoms with Gasteiger partial charge in [-0.2, -0.15) is 0 Å². The molecule has 0 spiro atoms. The van der Waals surface area contributed by atoms with Crippen molar-refractivity contribution in [3.05, 3.63) is 0 Å². The molecule has 2 N–H and O–H groups in total. The molecule has 0 saturated heterocycles. The van der Waals surface area contributed by atoms with Gasteiger partial charge in [-0.1, -0.05) is 25.7 Å². The zero-order chi connectivity index (χ0) is 9.68. The molecular formula is C9H15NO3. The van der Waals surface area contributed by atoms with Crippen molar-refractivity contribution in [2.75, 3.05) is 0 Å². The number of carboxylic acids is 1. The van der Waals surface area contributed by atoms with Crippen LogP contribution in [0.3, 0.4) is 0 Å². The molecule has 4 nitrogen and oxygen atoms in total. The summed E-state index contributed by atoms with van der Waals surface area (Å²) >= 11 is 0. The standard InChI is InChI=1S/C9H15NO3/c11-6-10-8(9(12)13)5-7-3-1-2-4-7/h6-8H,1-5H2,(H,10,11)(H,12,13). The average molecular weight is 185 g/mol. The van der Waals surface area contributed by atoms with Gasteiger partial charge in [-0.15, -0.1) is 0 Å². The number of carboxylic acid groups (broad SMARTS) is 1. The van der Waals surface area contributed by atoms with Crippen LogP contribution in [0.4, 0.5) is 0 Å². The molecule has 0 aromatic carbocycles. The molecule has 1 unspecified atom stereocenters. The van der Waals surface area contributed by atoms with E-state index in [4.69, 9.17) is 5.11 Å². The molecule has 1 amide bonds. The first-order valence-electron chi connectivity index (χ1n) is 4.66. The predicted octanol–water partition coefficient (Wildman–Crippen LogP) is 0.766. The van der Waals surface area contributed by atoms with Gasteiger partial charge in [0, 0.05) is 0 Å². The van der Waals surface area contributed by atoms with Crippen molar-refractivity contribution < 1.29 is 14.7 Å². The minimum atomic E-state index is -0.931. The second kappa shape index (κ2) is 4.84. The molecule has 0 aromatic rings. The Morgan fingerprint density at radius 2 is 2.15 bits per heavy atom. The van der Waals surface area contributed by atoms with E-state index in [2.05, 4.69) is 5.32 Å². The van der Waals surface area contributed by atoms with Crippen LogP contribution < -0.4 is 5.32 Å². The topological polar surface area (TPSA) is 66.4 Å². The fourth-order valence-electron chi connectivity index (χ4n) is 1.90. The lowest BCUT2D eigenvalue weighted by Gasteiger charge is -2.15. The summed E-state index contributed by atoms with van der Waals surface area (Å²) in [5.74, 6) is -0.451. The Morgan fingerprint density at radius 3 is 2.62 bits per heavy atom. The van der Waals surface area contributed by atoms with Crippen molar-refractivity contribution in [2.24, 2.45) is 5.92 Å². The van der Waals surface area contributed by atoms with E-state index in [1.807, 2.05) is 0 Å². The third kappa shape index (κ3) is 3.05. The van der Waals surface area contributed by atoms with Gasteiger partial charge in [0.2, 0.25) is 6.41 Å². The van der Waals surface area contributed by atoms with Crippen LogP contribution in [0.15, 0.2) is 0 Å². The summed E-state index contributed by atoms with van der Waals surface area (Å²) in [5, 5.41) is 11.1. The SMILES string of the molecule is O=CNC(CC1CCCC1)C(=O)O. The maximum Gasteiger partial charge on any atom is 0.326 e. The van der Waals surface area contributed by atoms with Crippen LogP contribution in [-0.2, 0) is 9.59 Å². The average Bonchev–Trinajstić information content (AvgIpc) is 2.56. The molecule has 1 saturated carbocycles. The molecule has 1 atom stereocenters. The lowest BCUT2D eigenvalue weighted by Crippen LogP contribution is -2.37. The second-order valence-corrected chi connectivity index (χ2v) is 3.56. The van der Waals surface area contributed by atoms with Gasteiger partial charge < -0.3 is 10.4 Å². The Morgan fingerprint density at radius 1 is 1.54 bits per heavy atom. The number of carbonyl (C=O) groups excluding carboxylic acids is 1. The largest absolute Gasteiger partial charge is 0.480 e. The van der Waals surface area contributed by atoms with Crippen molar-refractivity contribution in [3.8, 4) is 0 Å². The summed E-state index contributed by atoms with van der Waals surface area (Å²) in [5.41, 5.74) is 0. The van der Waals surface area contributed by atoms with Crippen LogP contribution in [0.25, 0.3) is 0 Å². The predicted molar refractivity (Wildman–Crippen MR) is 47.2 cm³/mol. The van der Waals surface area contributed by atoms with Gasteiger partial charge in [0.1, 0.15) is 6.04 Å². The molecule has 4 heteroatoms. The smallest absolute Gasteiger partial charge is 0.326 e. The number of rotatable bonds is 5. The zero-order valence-corrected chi connectivity index (χ0v) is 7.53. The lowest BCUT2D eigenvalue weighted by atomic mass is 9.99. The van der Waals surface area contributed by atoms with E-state index in [9.17, 15) is 9.59 Å². The number of amides is 1. The summed E-state index contributed by atoms with van der Waals surface area (Å²) in [6.07, 6.45) is 5.63. The third-order valence-electron chi connectivity index (χ3n) is 2.61. The molecular weight excluding hydrogens is 170 g/mol. The molecule has 13 heavy (non-hydrogen) atoms.